The molecule has 4 N–H and O–H groups in total. The zero-order chi connectivity index (χ0) is 14.8. The molecule has 5 nitrogen and oxygen atoms in total. The third kappa shape index (κ3) is 2.96. The van der Waals surface area contributed by atoms with Crippen LogP contribution >= 0.6 is 0 Å². The number of hydrogen-bond donors (Lipinski definition) is 4. The highest BCUT2D eigenvalue weighted by Gasteiger charge is 2.29. The maximum absolute atomic E-state index is 13.4. The lowest BCUT2D eigenvalue weighted by atomic mass is 10.0. The highest BCUT2D eigenvalue weighted by Crippen LogP contribution is 2.26. The zero-order valence-electron chi connectivity index (χ0n) is 9.88. The van der Waals surface area contributed by atoms with Crippen molar-refractivity contribution < 1.29 is 33.3 Å². The molecule has 0 saturated heterocycles. The molecule has 0 aromatic heterocycles. The fourth-order valence-corrected chi connectivity index (χ4v) is 1.23. The van der Waals surface area contributed by atoms with Crippen molar-refractivity contribution in [3.8, 4) is 5.75 Å². The molecule has 1 rings (SSSR count). The van der Waals surface area contributed by atoms with Crippen LogP contribution in [-0.2, 0) is 0 Å². The molecule has 1 aromatic carbocycles. The Morgan fingerprint density at radius 3 is 2.26 bits per heavy atom. The second kappa shape index (κ2) is 5.45. The van der Waals surface area contributed by atoms with Crippen LogP contribution in [0.25, 0.3) is 0 Å². The summed E-state index contributed by atoms with van der Waals surface area (Å²) >= 11 is 0. The third-order valence-corrected chi connectivity index (χ3v) is 2.49. The van der Waals surface area contributed by atoms with Gasteiger partial charge >= 0.3 is 0 Å². The van der Waals surface area contributed by atoms with E-state index < -0.39 is 53.4 Å². The van der Waals surface area contributed by atoms with Gasteiger partial charge in [0.2, 0.25) is 5.82 Å². The molecule has 0 heterocycles. The summed E-state index contributed by atoms with van der Waals surface area (Å²) in [7, 11) is 0. The van der Waals surface area contributed by atoms with Crippen molar-refractivity contribution in [2.24, 2.45) is 0 Å². The number of benzene rings is 1. The van der Waals surface area contributed by atoms with Gasteiger partial charge in [0.05, 0.1) is 24.3 Å². The SMILES string of the molecule is CC(CO)(CO)NC(=O)c1cc(F)c(F)c(O)c1F. The molecule has 0 fully saturated rings. The van der Waals surface area contributed by atoms with Crippen molar-refractivity contribution >= 4 is 5.91 Å². The molecular formula is C11H12F3NO4. The van der Waals surface area contributed by atoms with Gasteiger partial charge < -0.3 is 20.6 Å². The molecule has 0 saturated carbocycles. The first-order chi connectivity index (χ1) is 8.75. The van der Waals surface area contributed by atoms with Crippen LogP contribution in [0.5, 0.6) is 5.75 Å². The summed E-state index contributed by atoms with van der Waals surface area (Å²) < 4.78 is 39.3. The second-order valence-electron chi connectivity index (χ2n) is 4.21. The zero-order valence-corrected chi connectivity index (χ0v) is 9.88. The van der Waals surface area contributed by atoms with E-state index in [-0.39, 0.29) is 6.07 Å². The van der Waals surface area contributed by atoms with Crippen molar-refractivity contribution in [3.05, 3.63) is 29.1 Å². The molecule has 0 atom stereocenters. The predicted molar refractivity (Wildman–Crippen MR) is 58.0 cm³/mol. The lowest BCUT2D eigenvalue weighted by Crippen LogP contribution is -2.51. The van der Waals surface area contributed by atoms with Gasteiger partial charge in [-0.15, -0.1) is 0 Å². The third-order valence-electron chi connectivity index (χ3n) is 2.49. The Balaban J connectivity index is 3.15. The van der Waals surface area contributed by atoms with Crippen LogP contribution in [0.4, 0.5) is 13.2 Å². The maximum atomic E-state index is 13.4. The first-order valence-electron chi connectivity index (χ1n) is 5.16. The van der Waals surface area contributed by atoms with E-state index in [2.05, 4.69) is 0 Å². The molecule has 19 heavy (non-hydrogen) atoms. The number of rotatable bonds is 4. The molecule has 0 spiro atoms. The minimum Gasteiger partial charge on any atom is -0.503 e. The normalized spacial score (nSPS) is 11.5. The lowest BCUT2D eigenvalue weighted by molar-refractivity contribution is 0.0719. The quantitative estimate of drug-likeness (QED) is 0.596. The van der Waals surface area contributed by atoms with Crippen molar-refractivity contribution in [2.75, 3.05) is 13.2 Å². The van der Waals surface area contributed by atoms with E-state index in [1.807, 2.05) is 5.32 Å². The summed E-state index contributed by atoms with van der Waals surface area (Å²) in [5, 5.41) is 28.9. The highest BCUT2D eigenvalue weighted by molar-refractivity contribution is 5.95. The van der Waals surface area contributed by atoms with Crippen LogP contribution in [0.1, 0.15) is 17.3 Å². The van der Waals surface area contributed by atoms with Crippen LogP contribution in [0.2, 0.25) is 0 Å². The molecule has 0 unspecified atom stereocenters. The lowest BCUT2D eigenvalue weighted by Gasteiger charge is -2.26. The first-order valence-corrected chi connectivity index (χ1v) is 5.16. The van der Waals surface area contributed by atoms with Gasteiger partial charge in [0, 0.05) is 0 Å². The monoisotopic (exact) mass is 279 g/mol. The summed E-state index contributed by atoms with van der Waals surface area (Å²) in [6.07, 6.45) is 0. The highest BCUT2D eigenvalue weighted by atomic mass is 19.2. The minimum atomic E-state index is -1.80. The largest absolute Gasteiger partial charge is 0.503 e. The number of aliphatic hydroxyl groups is 2. The molecule has 0 radical (unpaired) electrons. The van der Waals surface area contributed by atoms with Crippen LogP contribution in [-0.4, -0.2) is 40.0 Å². The van der Waals surface area contributed by atoms with Gasteiger partial charge in [-0.05, 0) is 13.0 Å². The number of aromatic hydroxyl groups is 1. The van der Waals surface area contributed by atoms with Gasteiger partial charge in [-0.3, -0.25) is 4.79 Å². The Kier molecular flexibility index (Phi) is 4.38. The maximum Gasteiger partial charge on any atom is 0.255 e. The summed E-state index contributed by atoms with van der Waals surface area (Å²) in [5.41, 5.74) is -2.41. The molecule has 0 aliphatic carbocycles. The number of halogens is 3. The fourth-order valence-electron chi connectivity index (χ4n) is 1.23. The number of carbonyl (C=O) groups is 1. The van der Waals surface area contributed by atoms with Crippen LogP contribution in [0, 0.1) is 17.5 Å². The standard InChI is InChI=1S/C11H12F3NO4/c1-11(3-16,4-17)15-10(19)5-2-6(12)8(14)9(18)7(5)13/h2,16-18H,3-4H2,1H3,(H,15,19). The number of phenols is 1. The van der Waals surface area contributed by atoms with Crippen molar-refractivity contribution in [1.82, 2.24) is 5.32 Å². The Hall–Kier alpha value is -1.80. The van der Waals surface area contributed by atoms with E-state index in [0.717, 1.165) is 0 Å². The van der Waals surface area contributed by atoms with Gasteiger partial charge in [-0.1, -0.05) is 0 Å². The Morgan fingerprint density at radius 2 is 1.79 bits per heavy atom. The van der Waals surface area contributed by atoms with Gasteiger partial charge in [-0.2, -0.15) is 4.39 Å². The molecule has 0 bridgehead atoms. The van der Waals surface area contributed by atoms with Crippen LogP contribution in [0.3, 0.4) is 0 Å². The molecule has 1 amide bonds. The number of hydrogen-bond acceptors (Lipinski definition) is 4. The van der Waals surface area contributed by atoms with Crippen molar-refractivity contribution in [2.45, 2.75) is 12.5 Å². The van der Waals surface area contributed by atoms with Crippen LogP contribution in [0.15, 0.2) is 6.07 Å². The number of aliphatic hydroxyl groups excluding tert-OH is 2. The number of carbonyl (C=O) groups excluding carboxylic acids is 1. The number of amides is 1. The molecule has 1 aromatic rings. The van der Waals surface area contributed by atoms with E-state index >= 15 is 0 Å². The van der Waals surface area contributed by atoms with Gasteiger partial charge in [-0.25, -0.2) is 8.78 Å². The van der Waals surface area contributed by atoms with E-state index in [1.165, 1.54) is 6.92 Å². The minimum absolute atomic E-state index is 0.273. The van der Waals surface area contributed by atoms with E-state index in [1.54, 1.807) is 0 Å². The van der Waals surface area contributed by atoms with Gasteiger partial charge in [0.15, 0.2) is 17.4 Å². The smallest absolute Gasteiger partial charge is 0.255 e. The Bertz CT molecular complexity index is 503. The number of nitrogens with one attached hydrogen (secondary N) is 1. The second-order valence-corrected chi connectivity index (χ2v) is 4.21. The predicted octanol–water partition coefficient (Wildman–Crippen LogP) is 0.283. The summed E-state index contributed by atoms with van der Waals surface area (Å²) in [6.45, 7) is -0.0679. The van der Waals surface area contributed by atoms with E-state index in [0.29, 0.717) is 0 Å². The fraction of sp³-hybridized carbons (Fsp3) is 0.364. The van der Waals surface area contributed by atoms with Gasteiger partial charge in [0.1, 0.15) is 0 Å². The molecule has 8 heteroatoms. The summed E-state index contributed by atoms with van der Waals surface area (Å²) in [4.78, 5) is 11.6. The average Bonchev–Trinajstić information content (AvgIpc) is 2.40. The van der Waals surface area contributed by atoms with Gasteiger partial charge in [0.25, 0.3) is 5.91 Å². The first kappa shape index (κ1) is 15.3. The summed E-state index contributed by atoms with van der Waals surface area (Å²) in [5.74, 6) is -7.85. The Morgan fingerprint density at radius 1 is 1.26 bits per heavy atom. The molecule has 106 valence electrons. The van der Waals surface area contributed by atoms with Crippen LogP contribution < -0.4 is 5.32 Å². The topological polar surface area (TPSA) is 89.8 Å². The summed E-state index contributed by atoms with van der Waals surface area (Å²) in [6, 6.07) is 0.273. The molecule has 0 aliphatic heterocycles. The van der Waals surface area contributed by atoms with E-state index in [9.17, 15) is 18.0 Å². The van der Waals surface area contributed by atoms with Crippen molar-refractivity contribution in [3.63, 3.8) is 0 Å². The van der Waals surface area contributed by atoms with E-state index in [4.69, 9.17) is 15.3 Å². The van der Waals surface area contributed by atoms with Crippen molar-refractivity contribution in [1.29, 1.82) is 0 Å². The Labute approximate surface area is 106 Å². The molecular weight excluding hydrogens is 267 g/mol. The molecule has 0 aliphatic rings. The number of phenolic OH excluding ortho intramolecular Hbond substituents is 1. The average molecular weight is 279 g/mol.